The van der Waals surface area contributed by atoms with Crippen molar-refractivity contribution in [1.29, 1.82) is 0 Å². The Morgan fingerprint density at radius 1 is 1.13 bits per heavy atom. The minimum Gasteiger partial charge on any atom is -0.449 e. The first-order valence-electron chi connectivity index (χ1n) is 10.6. The molecule has 6 rings (SSSR count). The van der Waals surface area contributed by atoms with Gasteiger partial charge in [0, 0.05) is 21.5 Å². The number of halogens is 2. The number of hydrogen-bond donors (Lipinski definition) is 3. The molecule has 164 valence electrons. The largest absolute Gasteiger partial charge is 0.449 e. The number of rotatable bonds is 3. The predicted octanol–water partition coefficient (Wildman–Crippen LogP) is 4.23. The third-order valence-corrected chi connectivity index (χ3v) is 7.56. The maximum atomic E-state index is 13.4. The maximum Gasteiger partial charge on any atom is 0.332 e. The number of urea groups is 1. The molecule has 4 saturated carbocycles. The molecule has 0 aliphatic heterocycles. The Kier molecular flexibility index (Phi) is 4.94. The molecule has 4 aliphatic rings. The first-order chi connectivity index (χ1) is 14.7. The zero-order valence-electron chi connectivity index (χ0n) is 17.1. The van der Waals surface area contributed by atoms with Gasteiger partial charge in [-0.3, -0.25) is 4.79 Å². The van der Waals surface area contributed by atoms with E-state index in [1.807, 2.05) is 0 Å². The van der Waals surface area contributed by atoms with Gasteiger partial charge in [-0.15, -0.1) is 0 Å². The SMILES string of the molecule is Cc1c(C(=O)NC23CC4CC(CC(C4)C2)C3)oc2c(Cl)cc(Cl)cc2/c1=N/NC(N)=O. The predicted molar refractivity (Wildman–Crippen MR) is 118 cm³/mol. The summed E-state index contributed by atoms with van der Waals surface area (Å²) >= 11 is 12.5. The molecule has 0 unspecified atom stereocenters. The molecule has 0 atom stereocenters. The highest BCUT2D eigenvalue weighted by molar-refractivity contribution is 6.38. The minimum atomic E-state index is -0.818. The number of carbonyl (C=O) groups is 2. The van der Waals surface area contributed by atoms with Gasteiger partial charge in [0.25, 0.3) is 5.91 Å². The van der Waals surface area contributed by atoms with Gasteiger partial charge in [-0.25, -0.2) is 10.2 Å². The van der Waals surface area contributed by atoms with E-state index in [2.05, 4.69) is 15.8 Å². The Balaban J connectivity index is 1.58. The lowest BCUT2D eigenvalue weighted by Gasteiger charge is -2.56. The van der Waals surface area contributed by atoms with Gasteiger partial charge in [0.1, 0.15) is 5.36 Å². The molecule has 4 aliphatic carbocycles. The van der Waals surface area contributed by atoms with Crippen molar-refractivity contribution in [1.82, 2.24) is 10.7 Å². The van der Waals surface area contributed by atoms with E-state index in [1.54, 1.807) is 13.0 Å². The normalized spacial score (nSPS) is 29.4. The summed E-state index contributed by atoms with van der Waals surface area (Å²) in [5.74, 6) is 1.93. The van der Waals surface area contributed by atoms with Crippen LogP contribution in [0, 0.1) is 24.7 Å². The average Bonchev–Trinajstić information content (AvgIpc) is 2.65. The summed E-state index contributed by atoms with van der Waals surface area (Å²) in [6.45, 7) is 1.72. The van der Waals surface area contributed by atoms with E-state index in [0.717, 1.165) is 19.3 Å². The summed E-state index contributed by atoms with van der Waals surface area (Å²) in [4.78, 5) is 24.7. The van der Waals surface area contributed by atoms with Gasteiger partial charge in [0.05, 0.1) is 5.02 Å². The Morgan fingerprint density at radius 2 is 1.74 bits per heavy atom. The number of hydrogen-bond acceptors (Lipinski definition) is 4. The first-order valence-corrected chi connectivity index (χ1v) is 11.3. The summed E-state index contributed by atoms with van der Waals surface area (Å²) in [7, 11) is 0. The van der Waals surface area contributed by atoms with Crippen molar-refractivity contribution < 1.29 is 14.0 Å². The van der Waals surface area contributed by atoms with Crippen LogP contribution in [-0.4, -0.2) is 17.5 Å². The zero-order valence-corrected chi connectivity index (χ0v) is 18.6. The van der Waals surface area contributed by atoms with Crippen molar-refractivity contribution in [2.75, 3.05) is 0 Å². The van der Waals surface area contributed by atoms with Crippen LogP contribution in [-0.2, 0) is 0 Å². The fraction of sp³-hybridized carbons (Fsp3) is 0.500. The molecule has 1 aromatic heterocycles. The molecule has 0 radical (unpaired) electrons. The molecule has 4 N–H and O–H groups in total. The molecule has 0 spiro atoms. The zero-order chi connectivity index (χ0) is 21.9. The van der Waals surface area contributed by atoms with Gasteiger partial charge in [-0.05, 0) is 75.3 Å². The molecule has 4 fully saturated rings. The van der Waals surface area contributed by atoms with Crippen LogP contribution in [0.1, 0.15) is 54.6 Å². The summed E-state index contributed by atoms with van der Waals surface area (Å²) < 4.78 is 5.99. The Labute approximate surface area is 189 Å². The fourth-order valence-corrected chi connectivity index (χ4v) is 6.89. The molecular formula is C22H24Cl2N4O3. The second kappa shape index (κ2) is 7.41. The molecule has 3 amide bonds. The summed E-state index contributed by atoms with van der Waals surface area (Å²) in [6, 6.07) is 2.35. The summed E-state index contributed by atoms with van der Waals surface area (Å²) in [5.41, 5.74) is 8.00. The van der Waals surface area contributed by atoms with Crippen molar-refractivity contribution in [3.8, 4) is 0 Å². The van der Waals surface area contributed by atoms with Gasteiger partial charge >= 0.3 is 6.03 Å². The third-order valence-electron chi connectivity index (χ3n) is 7.06. The van der Waals surface area contributed by atoms with Crippen molar-refractivity contribution in [2.24, 2.45) is 28.6 Å². The molecule has 1 heterocycles. The van der Waals surface area contributed by atoms with E-state index in [0.29, 0.717) is 39.1 Å². The lowest BCUT2D eigenvalue weighted by Crippen LogP contribution is -2.60. The second-order valence-electron chi connectivity index (χ2n) is 9.41. The van der Waals surface area contributed by atoms with Crippen LogP contribution in [0.4, 0.5) is 4.79 Å². The van der Waals surface area contributed by atoms with Crippen LogP contribution in [0.3, 0.4) is 0 Å². The molecule has 9 heteroatoms. The van der Waals surface area contributed by atoms with Gasteiger partial charge in [0.2, 0.25) is 0 Å². The number of nitrogens with one attached hydrogen (secondary N) is 2. The van der Waals surface area contributed by atoms with Crippen LogP contribution in [0.15, 0.2) is 21.7 Å². The molecule has 0 saturated heterocycles. The summed E-state index contributed by atoms with van der Waals surface area (Å²) in [6.07, 6.45) is 6.92. The van der Waals surface area contributed by atoms with Crippen molar-refractivity contribution in [3.05, 3.63) is 38.9 Å². The maximum absolute atomic E-state index is 13.4. The monoisotopic (exact) mass is 462 g/mol. The standard InChI is InChI=1S/C22H24Cl2N4O3/c1-10-17(27-28-21(25)30)15-5-14(23)6-16(24)19(15)31-18(10)20(29)26-22-7-11-2-12(8-22)4-13(3-11)9-22/h5-6,11-13H,2-4,7-9H2,1H3,(H,26,29)(H3,25,28,30)/b27-17+. The number of carbonyl (C=O) groups excluding carboxylic acids is 2. The highest BCUT2D eigenvalue weighted by Crippen LogP contribution is 2.55. The van der Waals surface area contributed by atoms with E-state index in [9.17, 15) is 9.59 Å². The number of fused-ring (bicyclic) bond motifs is 1. The molecule has 31 heavy (non-hydrogen) atoms. The highest BCUT2D eigenvalue weighted by Gasteiger charge is 2.51. The second-order valence-corrected chi connectivity index (χ2v) is 10.3. The number of nitrogens with zero attached hydrogens (tertiary/aromatic N) is 1. The van der Waals surface area contributed by atoms with Crippen LogP contribution in [0.25, 0.3) is 11.0 Å². The van der Waals surface area contributed by atoms with E-state index >= 15 is 0 Å². The van der Waals surface area contributed by atoms with Crippen LogP contribution >= 0.6 is 23.2 Å². The van der Waals surface area contributed by atoms with E-state index in [-0.39, 0.29) is 27.8 Å². The Bertz CT molecular complexity index is 1140. The number of benzene rings is 1. The first kappa shape index (κ1) is 20.6. The van der Waals surface area contributed by atoms with E-state index < -0.39 is 6.03 Å². The van der Waals surface area contributed by atoms with Crippen LogP contribution < -0.4 is 21.8 Å². The highest BCUT2D eigenvalue weighted by atomic mass is 35.5. The average molecular weight is 463 g/mol. The molecule has 7 nitrogen and oxygen atoms in total. The fourth-order valence-electron chi connectivity index (χ4n) is 6.36. The summed E-state index contributed by atoms with van der Waals surface area (Å²) in [5, 5.41) is 8.87. The minimum absolute atomic E-state index is 0.123. The Morgan fingerprint density at radius 3 is 2.32 bits per heavy atom. The Hall–Kier alpha value is -2.25. The molecular weight excluding hydrogens is 439 g/mol. The van der Waals surface area contributed by atoms with Crippen LogP contribution in [0.5, 0.6) is 0 Å². The lowest BCUT2D eigenvalue weighted by atomic mass is 9.53. The topological polar surface area (TPSA) is 110 Å². The molecule has 4 bridgehead atoms. The van der Waals surface area contributed by atoms with Gasteiger partial charge in [-0.2, -0.15) is 5.10 Å². The quantitative estimate of drug-likeness (QED) is 0.593. The van der Waals surface area contributed by atoms with Gasteiger partial charge in [-0.1, -0.05) is 23.2 Å². The van der Waals surface area contributed by atoms with Crippen LogP contribution in [0.2, 0.25) is 10.0 Å². The lowest BCUT2D eigenvalue weighted by molar-refractivity contribution is -0.0171. The van der Waals surface area contributed by atoms with Crippen molar-refractivity contribution in [2.45, 2.75) is 51.0 Å². The van der Waals surface area contributed by atoms with E-state index in [1.165, 1.54) is 25.3 Å². The van der Waals surface area contributed by atoms with Gasteiger partial charge in [0.15, 0.2) is 11.3 Å². The van der Waals surface area contributed by atoms with E-state index in [4.69, 9.17) is 33.4 Å². The van der Waals surface area contributed by atoms with Crippen molar-refractivity contribution >= 4 is 46.1 Å². The molecule has 1 aromatic carbocycles. The number of nitrogens with two attached hydrogens (primary N) is 1. The number of amides is 3. The smallest absolute Gasteiger partial charge is 0.332 e. The molecule has 2 aromatic rings. The van der Waals surface area contributed by atoms with Crippen molar-refractivity contribution in [3.63, 3.8) is 0 Å². The van der Waals surface area contributed by atoms with Gasteiger partial charge < -0.3 is 15.5 Å². The number of primary amides is 1. The third kappa shape index (κ3) is 3.68.